The molecule has 0 atom stereocenters. The summed E-state index contributed by atoms with van der Waals surface area (Å²) in [6.45, 7) is 2.67. The molecule has 6 heteroatoms. The molecule has 1 heterocycles. The number of nitrogens with zero attached hydrogens (tertiary/aromatic N) is 2. The first-order valence-corrected chi connectivity index (χ1v) is 5.79. The summed E-state index contributed by atoms with van der Waals surface area (Å²) in [5.41, 5.74) is 3.31. The van der Waals surface area contributed by atoms with E-state index in [9.17, 15) is 0 Å². The van der Waals surface area contributed by atoms with Gasteiger partial charge in [0.15, 0.2) is 0 Å². The van der Waals surface area contributed by atoms with E-state index in [0.29, 0.717) is 5.95 Å². The third kappa shape index (κ3) is 2.65. The van der Waals surface area contributed by atoms with E-state index in [1.54, 1.807) is 7.11 Å². The number of aryl methyl sites for hydroxylation is 1. The number of hydrogen-bond acceptors (Lipinski definition) is 6. The second kappa shape index (κ2) is 4.85. The molecular formula is C11H19N5O. The zero-order chi connectivity index (χ0) is 12.3. The molecule has 0 amide bonds. The summed E-state index contributed by atoms with van der Waals surface area (Å²) < 4.78 is 5.54. The standard InChI is InChI=1S/C11H19N5O/c1-8-6-9(15-10(14-8)16-12)13-7-11(17-2)4-3-5-11/h6H,3-5,7,12H2,1-2H3,(H2,13,14,15,16). The van der Waals surface area contributed by atoms with Gasteiger partial charge in [-0.15, -0.1) is 0 Å². The first kappa shape index (κ1) is 12.1. The van der Waals surface area contributed by atoms with Crippen LogP contribution in [-0.2, 0) is 4.74 Å². The fraction of sp³-hybridized carbons (Fsp3) is 0.636. The second-order valence-corrected chi connectivity index (χ2v) is 4.46. The molecule has 0 aromatic carbocycles. The average molecular weight is 237 g/mol. The highest BCUT2D eigenvalue weighted by Gasteiger charge is 2.36. The van der Waals surface area contributed by atoms with E-state index < -0.39 is 0 Å². The lowest BCUT2D eigenvalue weighted by Gasteiger charge is -2.40. The monoisotopic (exact) mass is 237 g/mol. The second-order valence-electron chi connectivity index (χ2n) is 4.46. The normalized spacial score (nSPS) is 17.4. The van der Waals surface area contributed by atoms with Crippen molar-refractivity contribution in [2.24, 2.45) is 5.84 Å². The number of ether oxygens (including phenoxy) is 1. The molecule has 94 valence electrons. The van der Waals surface area contributed by atoms with E-state index in [0.717, 1.165) is 30.9 Å². The molecule has 0 radical (unpaired) electrons. The van der Waals surface area contributed by atoms with Crippen LogP contribution in [0.15, 0.2) is 6.07 Å². The van der Waals surface area contributed by atoms with Crippen LogP contribution in [0.4, 0.5) is 11.8 Å². The summed E-state index contributed by atoms with van der Waals surface area (Å²) >= 11 is 0. The Labute approximate surface area is 101 Å². The Balaban J connectivity index is 2.01. The third-order valence-electron chi connectivity index (χ3n) is 3.27. The smallest absolute Gasteiger partial charge is 0.239 e. The van der Waals surface area contributed by atoms with Crippen molar-refractivity contribution in [1.29, 1.82) is 0 Å². The number of rotatable bonds is 5. The molecule has 6 nitrogen and oxygen atoms in total. The van der Waals surface area contributed by atoms with Gasteiger partial charge >= 0.3 is 0 Å². The van der Waals surface area contributed by atoms with E-state index in [4.69, 9.17) is 10.6 Å². The first-order chi connectivity index (χ1) is 8.17. The van der Waals surface area contributed by atoms with Crippen LogP contribution in [-0.4, -0.2) is 29.2 Å². The number of nitrogen functional groups attached to an aromatic ring is 1. The topological polar surface area (TPSA) is 85.1 Å². The minimum atomic E-state index is -0.0187. The van der Waals surface area contributed by atoms with Crippen molar-refractivity contribution >= 4 is 11.8 Å². The molecule has 4 N–H and O–H groups in total. The molecular weight excluding hydrogens is 218 g/mol. The van der Waals surface area contributed by atoms with Crippen molar-refractivity contribution in [3.8, 4) is 0 Å². The summed E-state index contributed by atoms with van der Waals surface area (Å²) in [4.78, 5) is 8.37. The Morgan fingerprint density at radius 3 is 2.76 bits per heavy atom. The molecule has 0 aliphatic heterocycles. The maximum atomic E-state index is 5.54. The molecule has 1 aromatic heterocycles. The number of aromatic nitrogens is 2. The fourth-order valence-electron chi connectivity index (χ4n) is 2.00. The SMILES string of the molecule is COC1(CNc2cc(C)nc(NN)n2)CCC1. The van der Waals surface area contributed by atoms with E-state index in [1.165, 1.54) is 6.42 Å². The molecule has 0 unspecified atom stereocenters. The number of nitrogens with one attached hydrogen (secondary N) is 2. The zero-order valence-corrected chi connectivity index (χ0v) is 10.3. The lowest BCUT2D eigenvalue weighted by molar-refractivity contribution is -0.0601. The van der Waals surface area contributed by atoms with Gasteiger partial charge in [-0.2, -0.15) is 4.98 Å². The minimum Gasteiger partial charge on any atom is -0.376 e. The van der Waals surface area contributed by atoms with Crippen molar-refractivity contribution < 1.29 is 4.74 Å². The maximum absolute atomic E-state index is 5.54. The van der Waals surface area contributed by atoms with Crippen molar-refractivity contribution in [2.75, 3.05) is 24.4 Å². The van der Waals surface area contributed by atoms with Crippen LogP contribution in [0.2, 0.25) is 0 Å². The molecule has 1 aromatic rings. The largest absolute Gasteiger partial charge is 0.376 e. The quantitative estimate of drug-likeness (QED) is 0.524. The van der Waals surface area contributed by atoms with Crippen LogP contribution in [0.1, 0.15) is 25.0 Å². The summed E-state index contributed by atoms with van der Waals surface area (Å²) in [7, 11) is 1.76. The molecule has 1 aliphatic rings. The van der Waals surface area contributed by atoms with Gasteiger partial charge in [-0.25, -0.2) is 10.8 Å². The van der Waals surface area contributed by atoms with Gasteiger partial charge in [-0.3, -0.25) is 5.43 Å². The fourth-order valence-corrected chi connectivity index (χ4v) is 2.00. The van der Waals surface area contributed by atoms with Crippen LogP contribution in [0, 0.1) is 6.92 Å². The van der Waals surface area contributed by atoms with Gasteiger partial charge < -0.3 is 10.1 Å². The van der Waals surface area contributed by atoms with Gasteiger partial charge in [0.25, 0.3) is 0 Å². The maximum Gasteiger partial charge on any atom is 0.239 e. The molecule has 2 rings (SSSR count). The van der Waals surface area contributed by atoms with Crippen LogP contribution in [0.25, 0.3) is 0 Å². The third-order valence-corrected chi connectivity index (χ3v) is 3.27. The van der Waals surface area contributed by atoms with E-state index in [1.807, 2.05) is 13.0 Å². The highest BCUT2D eigenvalue weighted by Crippen LogP contribution is 2.34. The van der Waals surface area contributed by atoms with Gasteiger partial charge in [0, 0.05) is 25.4 Å². The van der Waals surface area contributed by atoms with Crippen molar-refractivity contribution in [1.82, 2.24) is 9.97 Å². The van der Waals surface area contributed by atoms with Crippen molar-refractivity contribution in [2.45, 2.75) is 31.8 Å². The summed E-state index contributed by atoms with van der Waals surface area (Å²) in [5.74, 6) is 6.50. The van der Waals surface area contributed by atoms with Crippen molar-refractivity contribution in [3.05, 3.63) is 11.8 Å². The Morgan fingerprint density at radius 2 is 2.24 bits per heavy atom. The van der Waals surface area contributed by atoms with Gasteiger partial charge in [0.05, 0.1) is 5.60 Å². The molecule has 1 saturated carbocycles. The van der Waals surface area contributed by atoms with E-state index >= 15 is 0 Å². The molecule has 0 saturated heterocycles. The van der Waals surface area contributed by atoms with Gasteiger partial charge in [0.2, 0.25) is 5.95 Å². The van der Waals surface area contributed by atoms with Crippen LogP contribution < -0.4 is 16.6 Å². The predicted octanol–water partition coefficient (Wildman–Crippen LogP) is 1.05. The Bertz CT molecular complexity index is 386. The number of nitrogens with two attached hydrogens (primary N) is 1. The Hall–Kier alpha value is -1.40. The lowest BCUT2D eigenvalue weighted by atomic mass is 9.80. The van der Waals surface area contributed by atoms with Gasteiger partial charge in [-0.05, 0) is 26.2 Å². The lowest BCUT2D eigenvalue weighted by Crippen LogP contribution is -2.45. The van der Waals surface area contributed by atoms with Crippen LogP contribution in [0.3, 0.4) is 0 Å². The molecule has 1 fully saturated rings. The molecule has 1 aliphatic carbocycles. The predicted molar refractivity (Wildman–Crippen MR) is 66.7 cm³/mol. The van der Waals surface area contributed by atoms with Crippen LogP contribution in [0.5, 0.6) is 0 Å². The number of anilines is 2. The summed E-state index contributed by atoms with van der Waals surface area (Å²) in [5, 5.41) is 3.28. The highest BCUT2D eigenvalue weighted by molar-refractivity contribution is 5.42. The minimum absolute atomic E-state index is 0.0187. The highest BCUT2D eigenvalue weighted by atomic mass is 16.5. The van der Waals surface area contributed by atoms with Crippen LogP contribution >= 0.6 is 0 Å². The number of hydrazine groups is 1. The van der Waals surface area contributed by atoms with E-state index in [2.05, 4.69) is 20.7 Å². The first-order valence-electron chi connectivity index (χ1n) is 5.79. The Morgan fingerprint density at radius 1 is 1.47 bits per heavy atom. The van der Waals surface area contributed by atoms with Gasteiger partial charge in [-0.1, -0.05) is 0 Å². The summed E-state index contributed by atoms with van der Waals surface area (Å²) in [6, 6.07) is 1.89. The average Bonchev–Trinajstić information content (AvgIpc) is 2.27. The van der Waals surface area contributed by atoms with Gasteiger partial charge in [0.1, 0.15) is 5.82 Å². The number of methoxy groups -OCH3 is 1. The van der Waals surface area contributed by atoms with E-state index in [-0.39, 0.29) is 5.60 Å². The van der Waals surface area contributed by atoms with Crippen molar-refractivity contribution in [3.63, 3.8) is 0 Å². The molecule has 0 bridgehead atoms. The Kier molecular flexibility index (Phi) is 3.44. The molecule has 0 spiro atoms. The number of hydrogen-bond donors (Lipinski definition) is 3. The zero-order valence-electron chi connectivity index (χ0n) is 10.3. The summed E-state index contributed by atoms with van der Waals surface area (Å²) in [6.07, 6.45) is 3.43. The molecule has 17 heavy (non-hydrogen) atoms.